The van der Waals surface area contributed by atoms with Gasteiger partial charge in [0.05, 0.1) is 12.5 Å². The number of esters is 1. The van der Waals surface area contributed by atoms with Gasteiger partial charge in [0.2, 0.25) is 5.91 Å². The number of carbonyl (C=O) groups excluding carboxylic acids is 2. The fraction of sp³-hybridized carbons (Fsp3) is 0.548. The molecule has 0 aliphatic carbocycles. The Bertz CT molecular complexity index is 839. The smallest absolute Gasteiger partial charge is 0.308 e. The standard InChI is InChI=1S/C31H46N2O3/c1-33(2)25-29(24-31(35)36-26-28-21-15-11-16-22-28)32-30(34)23-17-9-7-5-3-4-6-8-12-18-27-19-13-10-14-20-27/h10-11,13-16,19-22,29H,3-9,12,17-18,23-26H2,1-2H3,(H,32,34). The number of hydrogen-bond donors (Lipinski definition) is 1. The van der Waals surface area contributed by atoms with Crippen molar-refractivity contribution < 1.29 is 14.3 Å². The van der Waals surface area contributed by atoms with Crippen LogP contribution < -0.4 is 5.32 Å². The highest BCUT2D eigenvalue weighted by atomic mass is 16.5. The second kappa shape index (κ2) is 18.6. The highest BCUT2D eigenvalue weighted by molar-refractivity contribution is 5.77. The average Bonchev–Trinajstić information content (AvgIpc) is 2.87. The van der Waals surface area contributed by atoms with E-state index < -0.39 is 0 Å². The number of rotatable bonds is 19. The number of likely N-dealkylation sites (N-methyl/N-ethyl adjacent to an activating group) is 1. The maximum absolute atomic E-state index is 12.5. The third kappa shape index (κ3) is 14.7. The molecule has 2 aromatic rings. The molecule has 5 heteroatoms. The lowest BCUT2D eigenvalue weighted by molar-refractivity contribution is -0.145. The van der Waals surface area contributed by atoms with Crippen LogP contribution in [0.3, 0.4) is 0 Å². The monoisotopic (exact) mass is 494 g/mol. The summed E-state index contributed by atoms with van der Waals surface area (Å²) in [5, 5.41) is 3.04. The van der Waals surface area contributed by atoms with Gasteiger partial charge in [0.25, 0.3) is 0 Å². The fourth-order valence-electron chi connectivity index (χ4n) is 4.40. The van der Waals surface area contributed by atoms with Gasteiger partial charge in [0, 0.05) is 13.0 Å². The van der Waals surface area contributed by atoms with Gasteiger partial charge in [0.1, 0.15) is 6.61 Å². The molecule has 2 rings (SSSR count). The van der Waals surface area contributed by atoms with Crippen LogP contribution in [0.2, 0.25) is 0 Å². The van der Waals surface area contributed by atoms with E-state index >= 15 is 0 Å². The third-order valence-electron chi connectivity index (χ3n) is 6.32. The molecule has 0 saturated heterocycles. The van der Waals surface area contributed by atoms with Crippen LogP contribution >= 0.6 is 0 Å². The van der Waals surface area contributed by atoms with E-state index in [1.807, 2.05) is 49.3 Å². The summed E-state index contributed by atoms with van der Waals surface area (Å²) >= 11 is 0. The predicted octanol–water partition coefficient (Wildman–Crippen LogP) is 6.31. The van der Waals surface area contributed by atoms with E-state index in [4.69, 9.17) is 4.74 Å². The quantitative estimate of drug-likeness (QED) is 0.184. The molecule has 1 N–H and O–H groups in total. The van der Waals surface area contributed by atoms with Gasteiger partial charge in [-0.05, 0) is 44.5 Å². The number of carbonyl (C=O) groups is 2. The molecule has 1 unspecified atom stereocenters. The Hall–Kier alpha value is -2.66. The molecule has 5 nitrogen and oxygen atoms in total. The van der Waals surface area contributed by atoms with Crippen molar-refractivity contribution in [3.05, 3.63) is 71.8 Å². The summed E-state index contributed by atoms with van der Waals surface area (Å²) in [4.78, 5) is 26.7. The van der Waals surface area contributed by atoms with Gasteiger partial charge in [-0.2, -0.15) is 0 Å². The topological polar surface area (TPSA) is 58.6 Å². The van der Waals surface area contributed by atoms with Crippen LogP contribution in [-0.4, -0.2) is 43.5 Å². The van der Waals surface area contributed by atoms with Crippen molar-refractivity contribution in [1.29, 1.82) is 0 Å². The molecule has 2 aromatic carbocycles. The maximum atomic E-state index is 12.5. The average molecular weight is 495 g/mol. The van der Waals surface area contributed by atoms with Crippen molar-refractivity contribution in [3.63, 3.8) is 0 Å². The van der Waals surface area contributed by atoms with Crippen LogP contribution in [0.25, 0.3) is 0 Å². The number of unbranched alkanes of at least 4 members (excludes halogenated alkanes) is 8. The molecule has 0 radical (unpaired) electrons. The summed E-state index contributed by atoms with van der Waals surface area (Å²) in [6.07, 6.45) is 12.8. The molecule has 0 aliphatic rings. The third-order valence-corrected chi connectivity index (χ3v) is 6.32. The first-order chi connectivity index (χ1) is 17.5. The number of nitrogens with zero attached hydrogens (tertiary/aromatic N) is 1. The maximum Gasteiger partial charge on any atom is 0.308 e. The number of benzene rings is 2. The first-order valence-electron chi connectivity index (χ1n) is 13.7. The van der Waals surface area contributed by atoms with Gasteiger partial charge in [0.15, 0.2) is 0 Å². The normalized spacial score (nSPS) is 11.9. The molecule has 198 valence electrons. The molecule has 0 aromatic heterocycles. The van der Waals surface area contributed by atoms with Crippen LogP contribution in [0.15, 0.2) is 60.7 Å². The van der Waals surface area contributed by atoms with Crippen molar-refractivity contribution in [2.75, 3.05) is 20.6 Å². The lowest BCUT2D eigenvalue weighted by Crippen LogP contribution is -2.43. The molecule has 36 heavy (non-hydrogen) atoms. The molecule has 1 amide bonds. The summed E-state index contributed by atoms with van der Waals surface area (Å²) in [5.41, 5.74) is 2.40. The Morgan fingerprint density at radius 3 is 1.86 bits per heavy atom. The first-order valence-corrected chi connectivity index (χ1v) is 13.7. The Morgan fingerprint density at radius 1 is 0.750 bits per heavy atom. The van der Waals surface area contributed by atoms with Gasteiger partial charge in [-0.15, -0.1) is 0 Å². The molecular weight excluding hydrogens is 448 g/mol. The molecular formula is C31H46N2O3. The van der Waals surface area contributed by atoms with E-state index in [1.165, 1.54) is 56.9 Å². The van der Waals surface area contributed by atoms with E-state index in [0.717, 1.165) is 18.4 Å². The number of amides is 1. The minimum atomic E-state index is -0.286. The lowest BCUT2D eigenvalue weighted by atomic mass is 10.0. The number of nitrogens with one attached hydrogen (secondary N) is 1. The van der Waals surface area contributed by atoms with Gasteiger partial charge in [-0.3, -0.25) is 9.59 Å². The largest absolute Gasteiger partial charge is 0.461 e. The van der Waals surface area contributed by atoms with Gasteiger partial charge < -0.3 is 15.0 Å². The van der Waals surface area contributed by atoms with Gasteiger partial charge in [-0.25, -0.2) is 0 Å². The van der Waals surface area contributed by atoms with Gasteiger partial charge >= 0.3 is 5.97 Å². The van der Waals surface area contributed by atoms with E-state index in [2.05, 4.69) is 35.6 Å². The molecule has 0 spiro atoms. The van der Waals surface area contributed by atoms with Crippen LogP contribution in [0.5, 0.6) is 0 Å². The van der Waals surface area contributed by atoms with Crippen LogP contribution in [0.4, 0.5) is 0 Å². The molecule has 0 bridgehead atoms. The van der Waals surface area contributed by atoms with Crippen LogP contribution in [0, 0.1) is 0 Å². The highest BCUT2D eigenvalue weighted by Gasteiger charge is 2.18. The number of ether oxygens (including phenoxy) is 1. The zero-order valence-corrected chi connectivity index (χ0v) is 22.4. The second-order valence-corrected chi connectivity index (χ2v) is 10.0. The molecule has 0 saturated carbocycles. The fourth-order valence-corrected chi connectivity index (χ4v) is 4.40. The summed E-state index contributed by atoms with van der Waals surface area (Å²) < 4.78 is 5.40. The van der Waals surface area contributed by atoms with E-state index in [0.29, 0.717) is 13.0 Å². The Morgan fingerprint density at radius 2 is 1.28 bits per heavy atom. The van der Waals surface area contributed by atoms with E-state index in [1.54, 1.807) is 0 Å². The summed E-state index contributed by atoms with van der Waals surface area (Å²) in [6, 6.07) is 20.1. The number of aryl methyl sites for hydroxylation is 1. The minimum absolute atomic E-state index is 0.0242. The van der Waals surface area contributed by atoms with Crippen molar-refractivity contribution in [2.45, 2.75) is 89.7 Å². The Labute approximate surface area is 218 Å². The minimum Gasteiger partial charge on any atom is -0.461 e. The first kappa shape index (κ1) is 29.6. The molecule has 0 aliphatic heterocycles. The zero-order chi connectivity index (χ0) is 25.8. The van der Waals surface area contributed by atoms with Crippen molar-refractivity contribution in [2.24, 2.45) is 0 Å². The Balaban J connectivity index is 1.49. The Kier molecular flexibility index (Phi) is 15.3. The van der Waals surface area contributed by atoms with Crippen LogP contribution in [0.1, 0.15) is 81.8 Å². The van der Waals surface area contributed by atoms with E-state index in [-0.39, 0.29) is 30.9 Å². The number of hydrogen-bond acceptors (Lipinski definition) is 4. The summed E-state index contributed by atoms with van der Waals surface area (Å²) in [5.74, 6) is -0.262. The highest BCUT2D eigenvalue weighted by Crippen LogP contribution is 2.13. The van der Waals surface area contributed by atoms with Crippen molar-refractivity contribution >= 4 is 11.9 Å². The second-order valence-electron chi connectivity index (χ2n) is 10.0. The zero-order valence-electron chi connectivity index (χ0n) is 22.4. The molecule has 0 heterocycles. The van der Waals surface area contributed by atoms with Crippen molar-refractivity contribution in [1.82, 2.24) is 10.2 Å². The predicted molar refractivity (Wildman–Crippen MR) is 148 cm³/mol. The van der Waals surface area contributed by atoms with Crippen molar-refractivity contribution in [3.8, 4) is 0 Å². The van der Waals surface area contributed by atoms with Crippen LogP contribution in [-0.2, 0) is 27.4 Å². The summed E-state index contributed by atoms with van der Waals surface area (Å²) in [6.45, 7) is 0.869. The molecule has 1 atom stereocenters. The molecule has 0 fully saturated rings. The lowest BCUT2D eigenvalue weighted by Gasteiger charge is -2.22. The SMILES string of the molecule is CN(C)CC(CC(=O)OCc1ccccc1)NC(=O)CCCCCCCCCCCc1ccccc1. The summed E-state index contributed by atoms with van der Waals surface area (Å²) in [7, 11) is 3.88. The van der Waals surface area contributed by atoms with E-state index in [9.17, 15) is 9.59 Å². The van der Waals surface area contributed by atoms with Gasteiger partial charge in [-0.1, -0.05) is 106 Å².